The normalized spacial score (nSPS) is 12.6. The SMILES string of the molecule is CCC(C)NC(=O)C(Cc1ccccc1)N(Cc1ccccc1)C(=O)CN(c1ccc(C)cc1C)S(=O)(=O)c1ccccc1. The molecule has 0 aliphatic heterocycles. The quantitative estimate of drug-likeness (QED) is 0.199. The zero-order valence-corrected chi connectivity index (χ0v) is 26.6. The Bertz CT molecular complexity index is 1650. The minimum atomic E-state index is -4.13. The lowest BCUT2D eigenvalue weighted by Gasteiger charge is -2.34. The molecule has 0 spiro atoms. The van der Waals surface area contributed by atoms with Crippen LogP contribution >= 0.6 is 0 Å². The number of anilines is 1. The topological polar surface area (TPSA) is 86.8 Å². The van der Waals surface area contributed by atoms with Crippen molar-refractivity contribution < 1.29 is 18.0 Å². The summed E-state index contributed by atoms with van der Waals surface area (Å²) in [7, 11) is -4.13. The largest absolute Gasteiger partial charge is 0.352 e. The van der Waals surface area contributed by atoms with Gasteiger partial charge in [0.05, 0.1) is 10.6 Å². The van der Waals surface area contributed by atoms with Gasteiger partial charge in [0.2, 0.25) is 11.8 Å². The highest BCUT2D eigenvalue weighted by Crippen LogP contribution is 2.28. The average molecular weight is 612 g/mol. The van der Waals surface area contributed by atoms with Crippen molar-refractivity contribution in [2.45, 2.75) is 64.1 Å². The molecule has 0 aromatic heterocycles. The maximum Gasteiger partial charge on any atom is 0.264 e. The number of carbonyl (C=O) groups excluding carboxylic acids is 2. The third-order valence-electron chi connectivity index (χ3n) is 7.70. The van der Waals surface area contributed by atoms with Gasteiger partial charge < -0.3 is 10.2 Å². The molecule has 4 rings (SSSR count). The van der Waals surface area contributed by atoms with E-state index >= 15 is 0 Å². The lowest BCUT2D eigenvalue weighted by Crippen LogP contribution is -2.54. The Labute approximate surface area is 261 Å². The summed E-state index contributed by atoms with van der Waals surface area (Å²) in [5.41, 5.74) is 3.84. The Kier molecular flexibility index (Phi) is 11.0. The van der Waals surface area contributed by atoms with Gasteiger partial charge in [-0.2, -0.15) is 0 Å². The second-order valence-electron chi connectivity index (χ2n) is 11.1. The molecule has 0 saturated heterocycles. The van der Waals surface area contributed by atoms with Crippen LogP contribution < -0.4 is 9.62 Å². The molecule has 0 aliphatic carbocycles. The second kappa shape index (κ2) is 14.8. The lowest BCUT2D eigenvalue weighted by molar-refractivity contribution is -0.140. The number of benzene rings is 4. The van der Waals surface area contributed by atoms with Crippen LogP contribution in [0.25, 0.3) is 0 Å². The first kappa shape index (κ1) is 32.5. The molecule has 0 radical (unpaired) electrons. The van der Waals surface area contributed by atoms with E-state index in [9.17, 15) is 18.0 Å². The van der Waals surface area contributed by atoms with Crippen molar-refractivity contribution in [1.29, 1.82) is 0 Å². The molecule has 2 unspecified atom stereocenters. The maximum absolute atomic E-state index is 14.5. The van der Waals surface area contributed by atoms with Crippen LogP contribution in [0.2, 0.25) is 0 Å². The Hall–Kier alpha value is -4.43. The van der Waals surface area contributed by atoms with E-state index in [2.05, 4.69) is 5.32 Å². The molecule has 44 heavy (non-hydrogen) atoms. The highest BCUT2D eigenvalue weighted by atomic mass is 32.2. The summed E-state index contributed by atoms with van der Waals surface area (Å²) in [6.07, 6.45) is 1.00. The van der Waals surface area contributed by atoms with E-state index in [1.165, 1.54) is 21.3 Å². The van der Waals surface area contributed by atoms with Crippen LogP contribution in [0.3, 0.4) is 0 Å². The van der Waals surface area contributed by atoms with E-state index in [4.69, 9.17) is 0 Å². The first-order valence-corrected chi connectivity index (χ1v) is 16.4. The Morgan fingerprint density at radius 3 is 1.93 bits per heavy atom. The standard InChI is InChI=1S/C36H41N3O4S/c1-5-29(4)37-36(41)34(24-30-15-9-6-10-16-30)38(25-31-17-11-7-12-18-31)35(40)26-39(33-22-21-27(2)23-28(33)3)44(42,43)32-19-13-8-14-20-32/h6-23,29,34H,5,24-26H2,1-4H3,(H,37,41). The molecule has 8 heteroatoms. The number of carbonyl (C=O) groups is 2. The fraction of sp³-hybridized carbons (Fsp3) is 0.278. The van der Waals surface area contributed by atoms with Crippen LogP contribution in [0.1, 0.15) is 42.5 Å². The molecule has 0 bridgehead atoms. The molecule has 4 aromatic carbocycles. The van der Waals surface area contributed by atoms with Gasteiger partial charge >= 0.3 is 0 Å². The minimum absolute atomic E-state index is 0.0812. The van der Waals surface area contributed by atoms with Gasteiger partial charge in [0.1, 0.15) is 12.6 Å². The van der Waals surface area contributed by atoms with Crippen LogP contribution in [0.15, 0.2) is 114 Å². The first-order chi connectivity index (χ1) is 21.1. The van der Waals surface area contributed by atoms with Crippen LogP contribution in [0.4, 0.5) is 5.69 Å². The first-order valence-electron chi connectivity index (χ1n) is 14.9. The predicted octanol–water partition coefficient (Wildman–Crippen LogP) is 6.05. The number of nitrogens with one attached hydrogen (secondary N) is 1. The fourth-order valence-corrected chi connectivity index (χ4v) is 6.59. The average Bonchev–Trinajstić information content (AvgIpc) is 3.03. The van der Waals surface area contributed by atoms with Crippen molar-refractivity contribution in [1.82, 2.24) is 10.2 Å². The number of hydrogen-bond donors (Lipinski definition) is 1. The van der Waals surface area contributed by atoms with Crippen LogP contribution in [0.5, 0.6) is 0 Å². The minimum Gasteiger partial charge on any atom is -0.352 e. The Morgan fingerprint density at radius 1 is 0.795 bits per heavy atom. The molecule has 1 N–H and O–H groups in total. The molecule has 0 aliphatic rings. The van der Waals surface area contributed by atoms with Gasteiger partial charge in [-0.3, -0.25) is 13.9 Å². The van der Waals surface area contributed by atoms with Crippen molar-refractivity contribution in [3.8, 4) is 0 Å². The van der Waals surface area contributed by atoms with Crippen molar-refractivity contribution in [3.05, 3.63) is 131 Å². The van der Waals surface area contributed by atoms with E-state index < -0.39 is 28.5 Å². The second-order valence-corrected chi connectivity index (χ2v) is 13.0. The number of sulfonamides is 1. The third-order valence-corrected chi connectivity index (χ3v) is 9.47. The van der Waals surface area contributed by atoms with E-state index in [-0.39, 0.29) is 29.8 Å². The zero-order valence-electron chi connectivity index (χ0n) is 25.8. The molecular formula is C36H41N3O4S. The summed E-state index contributed by atoms with van der Waals surface area (Å²) in [5.74, 6) is -0.759. The molecule has 2 amide bonds. The molecule has 0 saturated carbocycles. The smallest absolute Gasteiger partial charge is 0.264 e. The maximum atomic E-state index is 14.5. The fourth-order valence-electron chi connectivity index (χ4n) is 5.09. The number of nitrogens with zero attached hydrogens (tertiary/aromatic N) is 2. The lowest BCUT2D eigenvalue weighted by atomic mass is 10.0. The van der Waals surface area contributed by atoms with Gasteiger partial charge in [-0.25, -0.2) is 8.42 Å². The molecule has 0 fully saturated rings. The molecule has 4 aromatic rings. The summed E-state index contributed by atoms with van der Waals surface area (Å²) in [6.45, 7) is 7.34. The monoisotopic (exact) mass is 611 g/mol. The number of rotatable bonds is 13. The highest BCUT2D eigenvalue weighted by molar-refractivity contribution is 7.92. The van der Waals surface area contributed by atoms with Crippen LogP contribution in [-0.2, 0) is 32.6 Å². The van der Waals surface area contributed by atoms with Gasteiger partial charge in [-0.05, 0) is 62.1 Å². The molecule has 7 nitrogen and oxygen atoms in total. The molecule has 2 atom stereocenters. The van der Waals surface area contributed by atoms with Crippen molar-refractivity contribution in [2.75, 3.05) is 10.8 Å². The summed E-state index contributed by atoms with van der Waals surface area (Å²) in [4.78, 5) is 30.0. The molecule has 230 valence electrons. The summed E-state index contributed by atoms with van der Waals surface area (Å²) < 4.78 is 29.5. The van der Waals surface area contributed by atoms with Gasteiger partial charge in [0, 0.05) is 19.0 Å². The third kappa shape index (κ3) is 8.14. The van der Waals surface area contributed by atoms with Gasteiger partial charge in [0.15, 0.2) is 0 Å². The zero-order chi connectivity index (χ0) is 31.7. The summed E-state index contributed by atoms with van der Waals surface area (Å²) >= 11 is 0. The van der Waals surface area contributed by atoms with Gasteiger partial charge in [-0.15, -0.1) is 0 Å². The predicted molar refractivity (Wildman–Crippen MR) is 176 cm³/mol. The summed E-state index contributed by atoms with van der Waals surface area (Å²) in [5, 5.41) is 3.06. The number of aryl methyl sites for hydroxylation is 2. The number of amides is 2. The van der Waals surface area contributed by atoms with E-state index in [0.29, 0.717) is 5.69 Å². The van der Waals surface area contributed by atoms with Crippen molar-refractivity contribution in [2.24, 2.45) is 0 Å². The van der Waals surface area contributed by atoms with Crippen molar-refractivity contribution >= 4 is 27.5 Å². The Balaban J connectivity index is 1.81. The summed E-state index contributed by atoms with van der Waals surface area (Å²) in [6, 6.07) is 31.6. The van der Waals surface area contributed by atoms with E-state index in [1.54, 1.807) is 24.3 Å². The van der Waals surface area contributed by atoms with E-state index in [1.807, 2.05) is 100 Å². The number of hydrogen-bond acceptors (Lipinski definition) is 4. The highest BCUT2D eigenvalue weighted by Gasteiger charge is 2.35. The Morgan fingerprint density at radius 2 is 1.36 bits per heavy atom. The van der Waals surface area contributed by atoms with Crippen molar-refractivity contribution in [3.63, 3.8) is 0 Å². The van der Waals surface area contributed by atoms with E-state index in [0.717, 1.165) is 28.7 Å². The molecular weight excluding hydrogens is 570 g/mol. The van der Waals surface area contributed by atoms with Crippen LogP contribution in [-0.4, -0.2) is 43.8 Å². The van der Waals surface area contributed by atoms with Gasteiger partial charge in [-0.1, -0.05) is 103 Å². The van der Waals surface area contributed by atoms with Crippen LogP contribution in [0, 0.1) is 13.8 Å². The van der Waals surface area contributed by atoms with Gasteiger partial charge in [0.25, 0.3) is 10.0 Å². The molecule has 0 heterocycles.